The van der Waals surface area contributed by atoms with Gasteiger partial charge in [0.1, 0.15) is 5.75 Å². The Morgan fingerprint density at radius 1 is 1.33 bits per heavy atom. The molecule has 0 radical (unpaired) electrons. The summed E-state index contributed by atoms with van der Waals surface area (Å²) in [5.74, 6) is 1.52. The highest BCUT2D eigenvalue weighted by atomic mass is 79.9. The van der Waals surface area contributed by atoms with Crippen LogP contribution in [0.4, 0.5) is 0 Å². The number of hydrogen-bond donors (Lipinski definition) is 0. The van der Waals surface area contributed by atoms with Crippen LogP contribution in [0.15, 0.2) is 52.1 Å². The number of ether oxygens (including phenoxy) is 1. The molecule has 2 aromatic rings. The van der Waals surface area contributed by atoms with Gasteiger partial charge in [-0.1, -0.05) is 27.7 Å². The molecule has 1 heterocycles. The summed E-state index contributed by atoms with van der Waals surface area (Å²) in [5.41, 5.74) is 1.06. The summed E-state index contributed by atoms with van der Waals surface area (Å²) in [7, 11) is 1.65. The largest absolute Gasteiger partial charge is 0.618 e. The lowest BCUT2D eigenvalue weighted by Crippen LogP contribution is -2.27. The number of pyridine rings is 1. The van der Waals surface area contributed by atoms with E-state index in [9.17, 15) is 5.21 Å². The molecule has 0 fully saturated rings. The minimum Gasteiger partial charge on any atom is -0.618 e. The molecule has 0 saturated carbocycles. The van der Waals surface area contributed by atoms with Crippen molar-refractivity contribution in [1.82, 2.24) is 0 Å². The highest BCUT2D eigenvalue weighted by molar-refractivity contribution is 9.10. The van der Waals surface area contributed by atoms with E-state index in [-0.39, 0.29) is 0 Å². The first-order valence-electron chi connectivity index (χ1n) is 5.34. The SMILES string of the molecule is COc1ccc(Br)cc1CSc1cccc[n+]1[O-]. The minimum atomic E-state index is 0.680. The molecule has 0 amide bonds. The van der Waals surface area contributed by atoms with Crippen LogP contribution >= 0.6 is 27.7 Å². The van der Waals surface area contributed by atoms with Gasteiger partial charge in [0.15, 0.2) is 6.20 Å². The monoisotopic (exact) mass is 325 g/mol. The summed E-state index contributed by atoms with van der Waals surface area (Å²) < 4.78 is 7.17. The summed E-state index contributed by atoms with van der Waals surface area (Å²) in [6.07, 6.45) is 1.50. The maximum atomic E-state index is 11.5. The van der Waals surface area contributed by atoms with Crippen molar-refractivity contribution in [3.05, 3.63) is 57.8 Å². The van der Waals surface area contributed by atoms with Gasteiger partial charge in [0.25, 0.3) is 5.03 Å². The van der Waals surface area contributed by atoms with Crippen molar-refractivity contribution in [2.75, 3.05) is 7.11 Å². The van der Waals surface area contributed by atoms with Gasteiger partial charge in [-0.15, -0.1) is 0 Å². The van der Waals surface area contributed by atoms with Crippen LogP contribution in [-0.2, 0) is 5.75 Å². The van der Waals surface area contributed by atoms with E-state index >= 15 is 0 Å². The molecule has 0 aliphatic rings. The van der Waals surface area contributed by atoms with E-state index in [1.807, 2.05) is 30.3 Å². The number of aromatic nitrogens is 1. The topological polar surface area (TPSA) is 36.2 Å². The Kier molecular flexibility index (Phi) is 4.49. The van der Waals surface area contributed by atoms with Gasteiger partial charge in [0.2, 0.25) is 0 Å². The lowest BCUT2D eigenvalue weighted by molar-refractivity contribution is -0.645. The zero-order valence-corrected chi connectivity index (χ0v) is 12.2. The standard InChI is InChI=1S/C13H12BrNO2S/c1-17-12-6-5-11(14)8-10(12)9-18-13-4-2-3-7-15(13)16/h2-8H,9H2,1H3. The molecule has 0 unspecified atom stereocenters. The molecule has 0 atom stereocenters. The van der Waals surface area contributed by atoms with Crippen LogP contribution < -0.4 is 9.47 Å². The summed E-state index contributed by atoms with van der Waals surface area (Å²) in [6.45, 7) is 0. The van der Waals surface area contributed by atoms with Crippen LogP contribution in [0.1, 0.15) is 5.56 Å². The average Bonchev–Trinajstić information content (AvgIpc) is 2.38. The molecule has 94 valence electrons. The van der Waals surface area contributed by atoms with Gasteiger partial charge < -0.3 is 9.94 Å². The number of hydrogen-bond acceptors (Lipinski definition) is 3. The molecule has 0 aliphatic heterocycles. The molecule has 2 rings (SSSR count). The molecule has 0 saturated heterocycles. The minimum absolute atomic E-state index is 0.680. The van der Waals surface area contributed by atoms with Crippen molar-refractivity contribution >= 4 is 27.7 Å². The Balaban J connectivity index is 2.15. The molecule has 0 aliphatic carbocycles. The molecular weight excluding hydrogens is 314 g/mol. The van der Waals surface area contributed by atoms with Crippen LogP contribution in [0.2, 0.25) is 0 Å². The third-order valence-electron chi connectivity index (χ3n) is 2.41. The number of methoxy groups -OCH3 is 1. The summed E-state index contributed by atoms with van der Waals surface area (Å²) in [5, 5.41) is 12.2. The maximum Gasteiger partial charge on any atom is 0.251 e. The molecule has 0 bridgehead atoms. The number of thioether (sulfide) groups is 1. The molecule has 3 nitrogen and oxygen atoms in total. The number of nitrogens with zero attached hydrogens (tertiary/aromatic N) is 1. The van der Waals surface area contributed by atoms with Gasteiger partial charge in [-0.3, -0.25) is 0 Å². The lowest BCUT2D eigenvalue weighted by atomic mass is 10.2. The molecule has 1 aromatic heterocycles. The highest BCUT2D eigenvalue weighted by Crippen LogP contribution is 2.28. The average molecular weight is 326 g/mol. The van der Waals surface area contributed by atoms with Crippen molar-refractivity contribution in [2.24, 2.45) is 0 Å². The summed E-state index contributed by atoms with van der Waals surface area (Å²) in [6, 6.07) is 11.2. The van der Waals surface area contributed by atoms with E-state index in [0.717, 1.165) is 20.5 Å². The lowest BCUT2D eigenvalue weighted by Gasteiger charge is -2.08. The van der Waals surface area contributed by atoms with Crippen LogP contribution in [-0.4, -0.2) is 7.11 Å². The fraction of sp³-hybridized carbons (Fsp3) is 0.154. The van der Waals surface area contributed by atoms with E-state index in [1.54, 1.807) is 13.2 Å². The Labute approximate surface area is 119 Å². The first-order chi connectivity index (χ1) is 8.70. The van der Waals surface area contributed by atoms with E-state index < -0.39 is 0 Å². The Morgan fingerprint density at radius 3 is 2.89 bits per heavy atom. The Bertz CT molecular complexity index is 548. The Morgan fingerprint density at radius 2 is 2.17 bits per heavy atom. The molecule has 5 heteroatoms. The number of rotatable bonds is 4. The van der Waals surface area contributed by atoms with Gasteiger partial charge in [0, 0.05) is 27.9 Å². The van der Waals surface area contributed by atoms with Gasteiger partial charge in [0.05, 0.1) is 7.11 Å². The predicted molar refractivity (Wildman–Crippen MR) is 75.7 cm³/mol. The summed E-state index contributed by atoms with van der Waals surface area (Å²) >= 11 is 4.92. The fourth-order valence-electron chi connectivity index (χ4n) is 1.54. The van der Waals surface area contributed by atoms with Crippen LogP contribution in [0.25, 0.3) is 0 Å². The van der Waals surface area contributed by atoms with Crippen LogP contribution in [0, 0.1) is 5.21 Å². The molecule has 0 spiro atoms. The molecule has 1 aromatic carbocycles. The second-order valence-electron chi connectivity index (χ2n) is 3.61. The normalized spacial score (nSPS) is 10.3. The van der Waals surface area contributed by atoms with Crippen molar-refractivity contribution in [2.45, 2.75) is 10.8 Å². The van der Waals surface area contributed by atoms with Gasteiger partial charge in [-0.2, -0.15) is 4.73 Å². The van der Waals surface area contributed by atoms with E-state index in [4.69, 9.17) is 4.74 Å². The number of halogens is 1. The zero-order valence-electron chi connectivity index (χ0n) is 9.80. The summed E-state index contributed by atoms with van der Waals surface area (Å²) in [4.78, 5) is 0. The van der Waals surface area contributed by atoms with E-state index in [0.29, 0.717) is 10.8 Å². The van der Waals surface area contributed by atoms with Crippen molar-refractivity contribution in [3.63, 3.8) is 0 Å². The van der Waals surface area contributed by atoms with Crippen molar-refractivity contribution in [3.8, 4) is 5.75 Å². The molecule has 18 heavy (non-hydrogen) atoms. The Hall–Kier alpha value is -1.20. The van der Waals surface area contributed by atoms with Crippen molar-refractivity contribution < 1.29 is 9.47 Å². The first-order valence-corrected chi connectivity index (χ1v) is 7.12. The smallest absolute Gasteiger partial charge is 0.251 e. The van der Waals surface area contributed by atoms with E-state index in [1.165, 1.54) is 18.0 Å². The van der Waals surface area contributed by atoms with Gasteiger partial charge in [-0.05, 0) is 24.3 Å². The second kappa shape index (κ2) is 6.11. The van der Waals surface area contributed by atoms with Gasteiger partial charge in [-0.25, -0.2) is 0 Å². The molecular formula is C13H12BrNO2S. The maximum absolute atomic E-state index is 11.5. The van der Waals surface area contributed by atoms with Crippen LogP contribution in [0.5, 0.6) is 5.75 Å². The highest BCUT2D eigenvalue weighted by Gasteiger charge is 2.08. The number of benzene rings is 1. The fourth-order valence-corrected chi connectivity index (χ4v) is 2.84. The predicted octanol–water partition coefficient (Wildman–Crippen LogP) is 3.38. The van der Waals surface area contributed by atoms with E-state index in [2.05, 4.69) is 15.9 Å². The zero-order chi connectivity index (χ0) is 13.0. The van der Waals surface area contributed by atoms with Crippen molar-refractivity contribution in [1.29, 1.82) is 0 Å². The third kappa shape index (κ3) is 3.17. The first kappa shape index (κ1) is 13.2. The molecule has 0 N–H and O–H groups in total. The quantitative estimate of drug-likeness (QED) is 0.491. The van der Waals surface area contributed by atoms with Crippen LogP contribution in [0.3, 0.4) is 0 Å². The second-order valence-corrected chi connectivity index (χ2v) is 5.52. The van der Waals surface area contributed by atoms with Gasteiger partial charge >= 0.3 is 0 Å². The third-order valence-corrected chi connectivity index (χ3v) is 3.97.